The Bertz CT molecular complexity index is 946. The van der Waals surface area contributed by atoms with Crippen LogP contribution in [0, 0.1) is 5.82 Å². The summed E-state index contributed by atoms with van der Waals surface area (Å²) >= 11 is 5.68. The van der Waals surface area contributed by atoms with E-state index in [2.05, 4.69) is 15.4 Å². The number of nitrogens with one attached hydrogen (secondary N) is 1. The van der Waals surface area contributed by atoms with Crippen LogP contribution in [0.5, 0.6) is 5.75 Å². The lowest BCUT2D eigenvalue weighted by Gasteiger charge is -2.11. The first kappa shape index (κ1) is 18.8. The van der Waals surface area contributed by atoms with Gasteiger partial charge in [-0.25, -0.2) is 14.1 Å². The largest absolute Gasteiger partial charge is 0.497 e. The van der Waals surface area contributed by atoms with Crippen LogP contribution in [0.4, 0.5) is 10.1 Å². The summed E-state index contributed by atoms with van der Waals surface area (Å²) in [6.45, 7) is 0.120. The van der Waals surface area contributed by atoms with Gasteiger partial charge in [0.25, 0.3) is 5.91 Å². The predicted octanol–water partition coefficient (Wildman–Crippen LogP) is 3.07. The molecule has 2 aromatic carbocycles. The minimum absolute atomic E-state index is 0.0858. The number of anilines is 1. The highest BCUT2D eigenvalue weighted by atomic mass is 35.5. The number of hydrogen-bond donors (Lipinski definition) is 2. The Kier molecular flexibility index (Phi) is 5.68. The maximum absolute atomic E-state index is 13.2. The third kappa shape index (κ3) is 4.60. The van der Waals surface area contributed by atoms with E-state index in [1.807, 2.05) is 0 Å². The standard InChI is InChI=1S/C18H16ClFN4O3/c1-27-13-5-2-11(3-6-13)16(25)9-24-10-21-17(23-24)18(26)22-12-4-7-15(20)14(19)8-12/h2-8,10,16,25H,9H2,1H3,(H,22,26). The van der Waals surface area contributed by atoms with Gasteiger partial charge in [-0.1, -0.05) is 23.7 Å². The van der Waals surface area contributed by atoms with Crippen LogP contribution in [0.25, 0.3) is 0 Å². The fraction of sp³-hybridized carbons (Fsp3) is 0.167. The molecule has 0 saturated heterocycles. The zero-order chi connectivity index (χ0) is 19.4. The number of amides is 1. The number of benzene rings is 2. The lowest BCUT2D eigenvalue weighted by molar-refractivity contribution is 0.101. The van der Waals surface area contributed by atoms with Crippen LogP contribution in [0.3, 0.4) is 0 Å². The van der Waals surface area contributed by atoms with Crippen molar-refractivity contribution in [3.8, 4) is 5.75 Å². The van der Waals surface area contributed by atoms with E-state index in [1.54, 1.807) is 31.4 Å². The van der Waals surface area contributed by atoms with Gasteiger partial charge in [0, 0.05) is 5.69 Å². The number of hydrogen-bond acceptors (Lipinski definition) is 5. The Morgan fingerprint density at radius 1 is 1.33 bits per heavy atom. The van der Waals surface area contributed by atoms with Crippen molar-refractivity contribution in [1.82, 2.24) is 14.8 Å². The van der Waals surface area contributed by atoms with Gasteiger partial charge in [-0.05, 0) is 35.9 Å². The highest BCUT2D eigenvalue weighted by Gasteiger charge is 2.15. The third-order valence-corrected chi connectivity index (χ3v) is 4.07. The van der Waals surface area contributed by atoms with E-state index in [1.165, 1.54) is 23.1 Å². The molecule has 7 nitrogen and oxygen atoms in total. The van der Waals surface area contributed by atoms with Crippen molar-refractivity contribution in [1.29, 1.82) is 0 Å². The average molecular weight is 391 g/mol. The number of ether oxygens (including phenoxy) is 1. The quantitative estimate of drug-likeness (QED) is 0.675. The van der Waals surface area contributed by atoms with Crippen molar-refractivity contribution >= 4 is 23.2 Å². The molecule has 1 heterocycles. The second kappa shape index (κ2) is 8.15. The molecule has 0 saturated carbocycles. The molecule has 3 aromatic rings. The molecule has 0 aliphatic heterocycles. The number of carbonyl (C=O) groups is 1. The van der Waals surface area contributed by atoms with Gasteiger partial charge in [0.2, 0.25) is 5.82 Å². The summed E-state index contributed by atoms with van der Waals surface area (Å²) in [4.78, 5) is 16.1. The van der Waals surface area contributed by atoms with Gasteiger partial charge < -0.3 is 15.2 Å². The van der Waals surface area contributed by atoms with Crippen molar-refractivity contribution in [3.63, 3.8) is 0 Å². The van der Waals surface area contributed by atoms with E-state index in [0.29, 0.717) is 17.0 Å². The van der Waals surface area contributed by atoms with E-state index in [0.717, 1.165) is 6.07 Å². The predicted molar refractivity (Wildman–Crippen MR) is 97.3 cm³/mol. The summed E-state index contributed by atoms with van der Waals surface area (Å²) in [7, 11) is 1.56. The van der Waals surface area contributed by atoms with Crippen LogP contribution >= 0.6 is 11.6 Å². The van der Waals surface area contributed by atoms with Crippen molar-refractivity contribution < 1.29 is 19.0 Å². The smallest absolute Gasteiger partial charge is 0.295 e. The van der Waals surface area contributed by atoms with Crippen molar-refractivity contribution in [2.45, 2.75) is 12.6 Å². The van der Waals surface area contributed by atoms with Gasteiger partial charge in [-0.3, -0.25) is 4.79 Å². The molecule has 0 bridgehead atoms. The zero-order valence-corrected chi connectivity index (χ0v) is 15.0. The van der Waals surface area contributed by atoms with Gasteiger partial charge >= 0.3 is 0 Å². The van der Waals surface area contributed by atoms with Crippen LogP contribution < -0.4 is 10.1 Å². The molecular formula is C18H16ClFN4O3. The molecule has 0 fully saturated rings. The van der Waals surface area contributed by atoms with Gasteiger partial charge in [0.1, 0.15) is 17.9 Å². The molecule has 1 unspecified atom stereocenters. The Labute approximate surface area is 159 Å². The maximum atomic E-state index is 13.2. The van der Waals surface area contributed by atoms with Crippen LogP contribution in [-0.4, -0.2) is 32.9 Å². The van der Waals surface area contributed by atoms with E-state index in [4.69, 9.17) is 16.3 Å². The third-order valence-electron chi connectivity index (χ3n) is 3.78. The lowest BCUT2D eigenvalue weighted by atomic mass is 10.1. The van der Waals surface area contributed by atoms with Gasteiger partial charge in [-0.2, -0.15) is 0 Å². The van der Waals surface area contributed by atoms with E-state index >= 15 is 0 Å². The molecule has 1 amide bonds. The number of methoxy groups -OCH3 is 1. The molecule has 2 N–H and O–H groups in total. The van der Waals surface area contributed by atoms with Crippen molar-refractivity contribution in [2.75, 3.05) is 12.4 Å². The Balaban J connectivity index is 1.64. The molecule has 0 radical (unpaired) electrons. The molecule has 0 aliphatic rings. The Morgan fingerprint density at radius 2 is 2.07 bits per heavy atom. The summed E-state index contributed by atoms with van der Waals surface area (Å²) in [6, 6.07) is 10.8. The molecule has 3 rings (SSSR count). The Morgan fingerprint density at radius 3 is 2.74 bits per heavy atom. The van der Waals surface area contributed by atoms with Crippen LogP contribution in [0.15, 0.2) is 48.8 Å². The number of aliphatic hydroxyl groups excluding tert-OH is 1. The highest BCUT2D eigenvalue weighted by molar-refractivity contribution is 6.31. The summed E-state index contributed by atoms with van der Waals surface area (Å²) in [6.07, 6.45) is 0.517. The number of carbonyl (C=O) groups excluding carboxylic acids is 1. The first-order valence-corrected chi connectivity index (χ1v) is 8.32. The molecular weight excluding hydrogens is 375 g/mol. The topological polar surface area (TPSA) is 89.3 Å². The van der Waals surface area contributed by atoms with Crippen LogP contribution in [-0.2, 0) is 6.54 Å². The summed E-state index contributed by atoms with van der Waals surface area (Å²) in [5, 5.41) is 16.8. The molecule has 0 aliphatic carbocycles. The SMILES string of the molecule is COc1ccc(C(O)Cn2cnc(C(=O)Nc3ccc(F)c(Cl)c3)n2)cc1. The first-order valence-electron chi connectivity index (χ1n) is 7.94. The van der Waals surface area contributed by atoms with E-state index in [9.17, 15) is 14.3 Å². The molecule has 9 heteroatoms. The summed E-state index contributed by atoms with van der Waals surface area (Å²) in [5.74, 6) is -0.552. The fourth-order valence-corrected chi connectivity index (χ4v) is 2.54. The number of aliphatic hydroxyl groups is 1. The zero-order valence-electron chi connectivity index (χ0n) is 14.3. The highest BCUT2D eigenvalue weighted by Crippen LogP contribution is 2.20. The summed E-state index contributed by atoms with van der Waals surface area (Å²) in [5.41, 5.74) is 0.999. The van der Waals surface area contributed by atoms with Crippen molar-refractivity contribution in [2.24, 2.45) is 0 Å². The second-order valence-corrected chi connectivity index (χ2v) is 6.07. The van der Waals surface area contributed by atoms with E-state index in [-0.39, 0.29) is 17.4 Å². The van der Waals surface area contributed by atoms with Crippen LogP contribution in [0.2, 0.25) is 5.02 Å². The van der Waals surface area contributed by atoms with Crippen molar-refractivity contribution in [3.05, 3.63) is 71.0 Å². The normalized spacial score (nSPS) is 11.9. The summed E-state index contributed by atoms with van der Waals surface area (Å²) < 4.78 is 19.6. The van der Waals surface area contributed by atoms with Crippen LogP contribution in [0.1, 0.15) is 22.3 Å². The Hall–Kier alpha value is -2.97. The maximum Gasteiger partial charge on any atom is 0.295 e. The van der Waals surface area contributed by atoms with Gasteiger partial charge in [-0.15, -0.1) is 5.10 Å². The van der Waals surface area contributed by atoms with E-state index < -0.39 is 17.8 Å². The minimum Gasteiger partial charge on any atom is -0.497 e. The molecule has 1 aromatic heterocycles. The van der Waals surface area contributed by atoms with Gasteiger partial charge in [0.15, 0.2) is 0 Å². The number of rotatable bonds is 6. The molecule has 27 heavy (non-hydrogen) atoms. The second-order valence-electron chi connectivity index (χ2n) is 5.66. The first-order chi connectivity index (χ1) is 13.0. The number of halogens is 2. The lowest BCUT2D eigenvalue weighted by Crippen LogP contribution is -2.15. The molecule has 1 atom stereocenters. The van der Waals surface area contributed by atoms with Gasteiger partial charge in [0.05, 0.1) is 24.8 Å². The fourth-order valence-electron chi connectivity index (χ4n) is 2.36. The number of aromatic nitrogens is 3. The molecule has 0 spiro atoms. The monoisotopic (exact) mass is 390 g/mol. The molecule has 140 valence electrons. The average Bonchev–Trinajstić information content (AvgIpc) is 3.13. The number of nitrogens with zero attached hydrogens (tertiary/aromatic N) is 3. The minimum atomic E-state index is -0.829.